The maximum absolute atomic E-state index is 10.3. The summed E-state index contributed by atoms with van der Waals surface area (Å²) in [7, 11) is 0. The quantitative estimate of drug-likeness (QED) is 0.690. The molecule has 0 saturated heterocycles. The molecule has 1 aromatic rings. The fourth-order valence-corrected chi connectivity index (χ4v) is 0.931. The van der Waals surface area contributed by atoms with Crippen LogP contribution in [0.3, 0.4) is 0 Å². The van der Waals surface area contributed by atoms with Crippen LogP contribution in [-0.2, 0) is 17.8 Å². The van der Waals surface area contributed by atoms with Gasteiger partial charge in [0.2, 0.25) is 0 Å². The number of aryl methyl sites for hydroxylation is 1. The second-order valence-corrected chi connectivity index (χ2v) is 2.26. The van der Waals surface area contributed by atoms with Crippen molar-refractivity contribution in [1.82, 2.24) is 9.55 Å². The van der Waals surface area contributed by atoms with E-state index in [0.29, 0.717) is 0 Å². The zero-order chi connectivity index (χ0) is 8.27. The highest BCUT2D eigenvalue weighted by Crippen LogP contribution is 1.98. The summed E-state index contributed by atoms with van der Waals surface area (Å²) in [5.41, 5.74) is 0.951. The molecule has 4 heteroatoms. The van der Waals surface area contributed by atoms with Crippen LogP contribution in [0.5, 0.6) is 0 Å². The Kier molecular flexibility index (Phi) is 2.25. The molecule has 0 aliphatic rings. The van der Waals surface area contributed by atoms with Gasteiger partial charge in [0.25, 0.3) is 0 Å². The van der Waals surface area contributed by atoms with Gasteiger partial charge in [0.15, 0.2) is 0 Å². The number of imidazole rings is 1. The van der Waals surface area contributed by atoms with Gasteiger partial charge in [0, 0.05) is 11.9 Å². The normalized spacial score (nSPS) is 9.91. The van der Waals surface area contributed by atoms with E-state index in [1.54, 1.807) is 10.8 Å². The van der Waals surface area contributed by atoms with Crippen molar-refractivity contribution < 1.29 is 9.90 Å². The number of rotatable bonds is 3. The third-order valence-corrected chi connectivity index (χ3v) is 1.47. The van der Waals surface area contributed by atoms with Crippen molar-refractivity contribution in [2.75, 3.05) is 0 Å². The molecule has 0 aromatic carbocycles. The smallest absolute Gasteiger partial charge is 0.323 e. The minimum absolute atomic E-state index is 0.00315. The Labute approximate surface area is 64.5 Å². The molecule has 1 aromatic heterocycles. The average Bonchev–Trinajstić information content (AvgIpc) is 2.34. The molecule has 4 nitrogen and oxygen atoms in total. The molecule has 60 valence electrons. The Morgan fingerprint density at radius 1 is 1.82 bits per heavy atom. The van der Waals surface area contributed by atoms with Crippen LogP contribution in [-0.4, -0.2) is 20.6 Å². The van der Waals surface area contributed by atoms with E-state index in [4.69, 9.17) is 5.11 Å². The van der Waals surface area contributed by atoms with Crippen LogP contribution in [0.15, 0.2) is 12.5 Å². The predicted octanol–water partition coefficient (Wildman–Crippen LogP) is 0.530. The van der Waals surface area contributed by atoms with Crippen LogP contribution in [0, 0.1) is 0 Å². The van der Waals surface area contributed by atoms with E-state index in [9.17, 15) is 4.79 Å². The standard InChI is InChI=1S/C7H10N2O2/c1-2-6-3-8-5-9(6)4-7(10)11/h3,5H,2,4H2,1H3,(H,10,11). The Hall–Kier alpha value is -1.32. The van der Waals surface area contributed by atoms with Gasteiger partial charge in [-0.1, -0.05) is 6.92 Å². The average molecular weight is 154 g/mol. The van der Waals surface area contributed by atoms with Gasteiger partial charge in [-0.05, 0) is 6.42 Å². The second kappa shape index (κ2) is 3.18. The first-order chi connectivity index (χ1) is 5.24. The Bertz CT molecular complexity index is 255. The molecular weight excluding hydrogens is 144 g/mol. The number of hydrogen-bond acceptors (Lipinski definition) is 2. The van der Waals surface area contributed by atoms with E-state index >= 15 is 0 Å². The molecule has 0 aliphatic heterocycles. The highest BCUT2D eigenvalue weighted by molar-refractivity contribution is 5.66. The second-order valence-electron chi connectivity index (χ2n) is 2.26. The number of carboxylic acids is 1. The van der Waals surface area contributed by atoms with Gasteiger partial charge in [-0.3, -0.25) is 4.79 Å². The molecule has 11 heavy (non-hydrogen) atoms. The first kappa shape index (κ1) is 7.78. The molecule has 0 saturated carbocycles. The van der Waals surface area contributed by atoms with Gasteiger partial charge in [0.1, 0.15) is 6.54 Å². The number of carboxylic acid groups (broad SMARTS) is 1. The van der Waals surface area contributed by atoms with Crippen molar-refractivity contribution in [2.45, 2.75) is 19.9 Å². The fraction of sp³-hybridized carbons (Fsp3) is 0.429. The van der Waals surface area contributed by atoms with E-state index in [0.717, 1.165) is 12.1 Å². The van der Waals surface area contributed by atoms with Crippen molar-refractivity contribution in [3.05, 3.63) is 18.2 Å². The third kappa shape index (κ3) is 1.80. The van der Waals surface area contributed by atoms with Crippen molar-refractivity contribution in [1.29, 1.82) is 0 Å². The van der Waals surface area contributed by atoms with Crippen LogP contribution in [0.4, 0.5) is 0 Å². The van der Waals surface area contributed by atoms with E-state index in [1.807, 2.05) is 6.92 Å². The summed E-state index contributed by atoms with van der Waals surface area (Å²) in [5.74, 6) is -0.835. The van der Waals surface area contributed by atoms with Crippen LogP contribution in [0.25, 0.3) is 0 Å². The third-order valence-electron chi connectivity index (χ3n) is 1.47. The van der Waals surface area contributed by atoms with E-state index in [-0.39, 0.29) is 6.54 Å². The fourth-order valence-electron chi connectivity index (χ4n) is 0.931. The molecule has 0 atom stereocenters. The van der Waals surface area contributed by atoms with E-state index in [1.165, 1.54) is 6.33 Å². The maximum Gasteiger partial charge on any atom is 0.323 e. The van der Waals surface area contributed by atoms with E-state index < -0.39 is 5.97 Å². The maximum atomic E-state index is 10.3. The predicted molar refractivity (Wildman–Crippen MR) is 39.2 cm³/mol. The summed E-state index contributed by atoms with van der Waals surface area (Å²) in [6, 6.07) is 0. The molecule has 0 aliphatic carbocycles. The van der Waals surface area contributed by atoms with E-state index in [2.05, 4.69) is 4.98 Å². The number of aromatic nitrogens is 2. The molecular formula is C7H10N2O2. The van der Waals surface area contributed by atoms with Crippen LogP contribution in [0.2, 0.25) is 0 Å². The number of hydrogen-bond donors (Lipinski definition) is 1. The highest BCUT2D eigenvalue weighted by Gasteiger charge is 2.02. The molecule has 0 fully saturated rings. The summed E-state index contributed by atoms with van der Waals surface area (Å²) in [5, 5.41) is 8.46. The summed E-state index contributed by atoms with van der Waals surface area (Å²) in [6.07, 6.45) is 4.03. The molecule has 1 heterocycles. The molecule has 0 spiro atoms. The minimum Gasteiger partial charge on any atom is -0.480 e. The Morgan fingerprint density at radius 3 is 3.09 bits per heavy atom. The van der Waals surface area contributed by atoms with Gasteiger partial charge in [-0.25, -0.2) is 4.98 Å². The monoisotopic (exact) mass is 154 g/mol. The zero-order valence-electron chi connectivity index (χ0n) is 6.32. The summed E-state index contributed by atoms with van der Waals surface area (Å²) in [6.45, 7) is 1.97. The molecule has 1 rings (SSSR count). The topological polar surface area (TPSA) is 55.1 Å². The first-order valence-corrected chi connectivity index (χ1v) is 3.45. The Balaban J connectivity index is 2.76. The van der Waals surface area contributed by atoms with Gasteiger partial charge >= 0.3 is 5.97 Å². The molecule has 0 amide bonds. The number of carbonyl (C=O) groups is 1. The summed E-state index contributed by atoms with van der Waals surface area (Å²) in [4.78, 5) is 14.1. The van der Waals surface area contributed by atoms with Crippen LogP contribution >= 0.6 is 0 Å². The van der Waals surface area contributed by atoms with Gasteiger partial charge in [-0.2, -0.15) is 0 Å². The van der Waals surface area contributed by atoms with Crippen molar-refractivity contribution in [3.8, 4) is 0 Å². The summed E-state index contributed by atoms with van der Waals surface area (Å²) >= 11 is 0. The molecule has 0 unspecified atom stereocenters. The zero-order valence-corrected chi connectivity index (χ0v) is 6.32. The van der Waals surface area contributed by atoms with Gasteiger partial charge in [-0.15, -0.1) is 0 Å². The number of aliphatic carboxylic acids is 1. The molecule has 1 N–H and O–H groups in total. The summed E-state index contributed by atoms with van der Waals surface area (Å²) < 4.78 is 1.63. The highest BCUT2D eigenvalue weighted by atomic mass is 16.4. The molecule has 0 bridgehead atoms. The first-order valence-electron chi connectivity index (χ1n) is 3.45. The Morgan fingerprint density at radius 2 is 2.55 bits per heavy atom. The van der Waals surface area contributed by atoms with Gasteiger partial charge in [0.05, 0.1) is 6.33 Å². The minimum atomic E-state index is -0.835. The van der Waals surface area contributed by atoms with Crippen molar-refractivity contribution in [2.24, 2.45) is 0 Å². The van der Waals surface area contributed by atoms with Crippen LogP contribution in [0.1, 0.15) is 12.6 Å². The van der Waals surface area contributed by atoms with Gasteiger partial charge < -0.3 is 9.67 Å². The van der Waals surface area contributed by atoms with Crippen molar-refractivity contribution in [3.63, 3.8) is 0 Å². The largest absolute Gasteiger partial charge is 0.480 e. The number of nitrogens with zero attached hydrogens (tertiary/aromatic N) is 2. The lowest BCUT2D eigenvalue weighted by Crippen LogP contribution is -2.09. The molecule has 0 radical (unpaired) electrons. The van der Waals surface area contributed by atoms with Crippen LogP contribution < -0.4 is 0 Å². The van der Waals surface area contributed by atoms with Crippen molar-refractivity contribution >= 4 is 5.97 Å². The lowest BCUT2D eigenvalue weighted by atomic mass is 10.3. The SMILES string of the molecule is CCc1cncn1CC(=O)O. The lowest BCUT2D eigenvalue weighted by molar-refractivity contribution is -0.137. The lowest BCUT2D eigenvalue weighted by Gasteiger charge is -2.00.